The van der Waals surface area contributed by atoms with Gasteiger partial charge in [-0.15, -0.1) is 0 Å². The molecular formula is C17H25NO5. The van der Waals surface area contributed by atoms with E-state index in [0.717, 1.165) is 25.0 Å². The molecule has 1 heterocycles. The van der Waals surface area contributed by atoms with Gasteiger partial charge in [-0.3, -0.25) is 4.79 Å². The largest absolute Gasteiger partial charge is 0.376 e. The molecule has 1 aromatic carbocycles. The lowest BCUT2D eigenvalue weighted by Crippen LogP contribution is -2.40. The maximum Gasteiger partial charge on any atom is 0.246 e. The molecule has 0 saturated carbocycles. The fourth-order valence-electron chi connectivity index (χ4n) is 2.61. The van der Waals surface area contributed by atoms with Gasteiger partial charge >= 0.3 is 0 Å². The smallest absolute Gasteiger partial charge is 0.246 e. The lowest BCUT2D eigenvalue weighted by molar-refractivity contribution is -0.142. The van der Waals surface area contributed by atoms with Crippen LogP contribution in [0.3, 0.4) is 0 Å². The molecule has 0 aromatic heterocycles. The molecule has 2 atom stereocenters. The molecule has 6 heteroatoms. The third-order valence-electron chi connectivity index (χ3n) is 3.77. The zero-order chi connectivity index (χ0) is 16.5. The highest BCUT2D eigenvalue weighted by molar-refractivity contribution is 5.77. The standard InChI is InChI=1S/C17H25NO5/c1-20-17(21-2)16(13-7-4-3-5-8-13)18-15(19)12-22-11-14-9-6-10-23-14/h3-5,7-8,14,16-17H,6,9-12H2,1-2H3,(H,18,19). The lowest BCUT2D eigenvalue weighted by Gasteiger charge is -2.26. The van der Waals surface area contributed by atoms with Crippen LogP contribution in [0.2, 0.25) is 0 Å². The van der Waals surface area contributed by atoms with Crippen LogP contribution in [0.15, 0.2) is 30.3 Å². The summed E-state index contributed by atoms with van der Waals surface area (Å²) in [6, 6.07) is 9.18. The van der Waals surface area contributed by atoms with Crippen molar-refractivity contribution in [3.63, 3.8) is 0 Å². The SMILES string of the molecule is COC(OC)C(NC(=O)COCC1CCCO1)c1ccccc1. The molecule has 2 unspecified atom stereocenters. The first-order valence-corrected chi connectivity index (χ1v) is 7.84. The second-order valence-corrected chi connectivity index (χ2v) is 5.45. The molecule has 0 spiro atoms. The van der Waals surface area contributed by atoms with Crippen LogP contribution in [0.5, 0.6) is 0 Å². The van der Waals surface area contributed by atoms with Crippen molar-refractivity contribution < 1.29 is 23.7 Å². The van der Waals surface area contributed by atoms with Crippen LogP contribution in [0.25, 0.3) is 0 Å². The summed E-state index contributed by atoms with van der Waals surface area (Å²) in [5.74, 6) is -0.212. The van der Waals surface area contributed by atoms with Gasteiger partial charge < -0.3 is 24.3 Å². The third kappa shape index (κ3) is 5.58. The molecule has 0 aliphatic carbocycles. The van der Waals surface area contributed by atoms with Gasteiger partial charge in [0.25, 0.3) is 0 Å². The number of benzene rings is 1. The average molecular weight is 323 g/mol. The van der Waals surface area contributed by atoms with E-state index in [-0.39, 0.29) is 18.6 Å². The number of methoxy groups -OCH3 is 2. The van der Waals surface area contributed by atoms with Gasteiger partial charge in [0, 0.05) is 20.8 Å². The molecule has 0 bridgehead atoms. The van der Waals surface area contributed by atoms with E-state index in [9.17, 15) is 4.79 Å². The van der Waals surface area contributed by atoms with E-state index in [0.29, 0.717) is 6.61 Å². The van der Waals surface area contributed by atoms with E-state index in [4.69, 9.17) is 18.9 Å². The molecular weight excluding hydrogens is 298 g/mol. The van der Waals surface area contributed by atoms with Crippen LogP contribution >= 0.6 is 0 Å². The zero-order valence-corrected chi connectivity index (χ0v) is 13.7. The Labute approximate surface area is 137 Å². The van der Waals surface area contributed by atoms with E-state index in [1.54, 1.807) is 14.2 Å². The molecule has 0 radical (unpaired) electrons. The van der Waals surface area contributed by atoms with Gasteiger partial charge in [-0.25, -0.2) is 0 Å². The summed E-state index contributed by atoms with van der Waals surface area (Å²) >= 11 is 0. The Balaban J connectivity index is 1.87. The Bertz CT molecular complexity index is 457. The van der Waals surface area contributed by atoms with Gasteiger partial charge in [0.1, 0.15) is 12.6 Å². The second-order valence-electron chi connectivity index (χ2n) is 5.45. The highest BCUT2D eigenvalue weighted by atomic mass is 16.7. The number of ether oxygens (including phenoxy) is 4. The Morgan fingerprint density at radius 3 is 2.65 bits per heavy atom. The molecule has 2 rings (SSSR count). The minimum atomic E-state index is -0.570. The summed E-state index contributed by atoms with van der Waals surface area (Å²) in [5, 5.41) is 2.91. The van der Waals surface area contributed by atoms with Crippen molar-refractivity contribution in [2.45, 2.75) is 31.3 Å². The summed E-state index contributed by atoms with van der Waals surface area (Å²) in [4.78, 5) is 12.1. The molecule has 1 aliphatic heterocycles. The molecule has 1 saturated heterocycles. The number of amides is 1. The topological polar surface area (TPSA) is 66.0 Å². The van der Waals surface area contributed by atoms with Crippen molar-refractivity contribution in [2.24, 2.45) is 0 Å². The van der Waals surface area contributed by atoms with Gasteiger partial charge in [-0.05, 0) is 18.4 Å². The molecule has 1 aliphatic rings. The number of nitrogens with one attached hydrogen (secondary N) is 1. The number of rotatable bonds is 9. The number of carbonyl (C=O) groups is 1. The maximum absolute atomic E-state index is 12.1. The van der Waals surface area contributed by atoms with Crippen molar-refractivity contribution in [3.05, 3.63) is 35.9 Å². The van der Waals surface area contributed by atoms with Crippen LogP contribution in [-0.4, -0.2) is 52.3 Å². The molecule has 1 aromatic rings. The number of carbonyl (C=O) groups excluding carboxylic acids is 1. The van der Waals surface area contributed by atoms with Gasteiger partial charge in [-0.1, -0.05) is 30.3 Å². The van der Waals surface area contributed by atoms with E-state index >= 15 is 0 Å². The molecule has 6 nitrogen and oxygen atoms in total. The first-order chi connectivity index (χ1) is 11.2. The first kappa shape index (κ1) is 17.9. The van der Waals surface area contributed by atoms with Gasteiger partial charge in [0.15, 0.2) is 6.29 Å². The van der Waals surface area contributed by atoms with Gasteiger partial charge in [0.05, 0.1) is 12.7 Å². The predicted molar refractivity (Wildman–Crippen MR) is 84.9 cm³/mol. The monoisotopic (exact) mass is 323 g/mol. The minimum Gasteiger partial charge on any atom is -0.376 e. The quantitative estimate of drug-likeness (QED) is 0.700. The van der Waals surface area contributed by atoms with E-state index in [2.05, 4.69) is 5.32 Å². The number of hydrogen-bond donors (Lipinski definition) is 1. The van der Waals surface area contributed by atoms with Crippen molar-refractivity contribution in [2.75, 3.05) is 34.0 Å². The summed E-state index contributed by atoms with van der Waals surface area (Å²) in [6.07, 6.45) is 1.58. The van der Waals surface area contributed by atoms with Crippen LogP contribution in [0.1, 0.15) is 24.4 Å². The maximum atomic E-state index is 12.1. The van der Waals surface area contributed by atoms with E-state index in [1.807, 2.05) is 30.3 Å². The zero-order valence-electron chi connectivity index (χ0n) is 13.7. The first-order valence-electron chi connectivity index (χ1n) is 7.84. The molecule has 128 valence electrons. The normalized spacial score (nSPS) is 19.0. The second kappa shape index (κ2) is 9.62. The fourth-order valence-corrected chi connectivity index (χ4v) is 2.61. The highest BCUT2D eigenvalue weighted by Gasteiger charge is 2.25. The third-order valence-corrected chi connectivity index (χ3v) is 3.77. The van der Waals surface area contributed by atoms with Crippen LogP contribution in [0.4, 0.5) is 0 Å². The summed E-state index contributed by atoms with van der Waals surface area (Å²) in [6.45, 7) is 1.21. The minimum absolute atomic E-state index is 0.0106. The Kier molecular flexibility index (Phi) is 7.48. The van der Waals surface area contributed by atoms with Crippen molar-refractivity contribution in [1.82, 2.24) is 5.32 Å². The fraction of sp³-hybridized carbons (Fsp3) is 0.588. The van der Waals surface area contributed by atoms with Crippen molar-refractivity contribution in [1.29, 1.82) is 0 Å². The predicted octanol–water partition coefficient (Wildman–Crippen LogP) is 1.66. The Morgan fingerprint density at radius 1 is 1.30 bits per heavy atom. The van der Waals surface area contributed by atoms with Gasteiger partial charge in [0.2, 0.25) is 5.91 Å². The average Bonchev–Trinajstić information content (AvgIpc) is 3.09. The lowest BCUT2D eigenvalue weighted by atomic mass is 10.1. The van der Waals surface area contributed by atoms with Crippen molar-refractivity contribution >= 4 is 5.91 Å². The van der Waals surface area contributed by atoms with Crippen molar-refractivity contribution in [3.8, 4) is 0 Å². The molecule has 1 N–H and O–H groups in total. The van der Waals surface area contributed by atoms with Gasteiger partial charge in [-0.2, -0.15) is 0 Å². The van der Waals surface area contributed by atoms with Crippen LogP contribution in [0, 0.1) is 0 Å². The summed E-state index contributed by atoms with van der Waals surface area (Å²) in [5.41, 5.74) is 0.911. The molecule has 1 amide bonds. The van der Waals surface area contributed by atoms with Crippen LogP contribution in [-0.2, 0) is 23.7 Å². The summed E-state index contributed by atoms with van der Waals surface area (Å²) < 4.78 is 21.5. The Hall–Kier alpha value is -1.47. The molecule has 1 fully saturated rings. The molecule has 23 heavy (non-hydrogen) atoms. The summed E-state index contributed by atoms with van der Waals surface area (Å²) in [7, 11) is 3.09. The number of hydrogen-bond acceptors (Lipinski definition) is 5. The van der Waals surface area contributed by atoms with E-state index < -0.39 is 12.3 Å². The van der Waals surface area contributed by atoms with Crippen LogP contribution < -0.4 is 5.32 Å². The van der Waals surface area contributed by atoms with E-state index in [1.165, 1.54) is 0 Å². The highest BCUT2D eigenvalue weighted by Crippen LogP contribution is 2.19. The Morgan fingerprint density at radius 2 is 2.04 bits per heavy atom.